The van der Waals surface area contributed by atoms with Gasteiger partial charge in [0.15, 0.2) is 0 Å². The van der Waals surface area contributed by atoms with Crippen molar-refractivity contribution >= 4 is 10.0 Å². The van der Waals surface area contributed by atoms with Gasteiger partial charge in [-0.1, -0.05) is 0 Å². The summed E-state index contributed by atoms with van der Waals surface area (Å²) in [6.45, 7) is 0.984. The Morgan fingerprint density at radius 3 is 2.75 bits per heavy atom. The van der Waals surface area contributed by atoms with E-state index >= 15 is 0 Å². The Labute approximate surface area is 95.9 Å². The average molecular weight is 247 g/mol. The maximum Gasteiger partial charge on any atom is 0.245 e. The van der Waals surface area contributed by atoms with Crippen molar-refractivity contribution in [3.63, 3.8) is 0 Å². The van der Waals surface area contributed by atoms with Gasteiger partial charge in [0.05, 0.1) is 6.20 Å². The number of aromatic nitrogens is 2. The van der Waals surface area contributed by atoms with Crippen molar-refractivity contribution in [2.75, 3.05) is 27.3 Å². The van der Waals surface area contributed by atoms with Gasteiger partial charge in [0, 0.05) is 40.6 Å². The highest BCUT2D eigenvalue weighted by molar-refractivity contribution is 7.89. The summed E-state index contributed by atoms with van der Waals surface area (Å²) in [4.78, 5) is 0.218. The Hall–Kier alpha value is -0.920. The number of sulfonamides is 1. The number of hydrogen-bond acceptors (Lipinski definition) is 4. The quantitative estimate of drug-likeness (QED) is 0.668. The first kappa shape index (κ1) is 13.1. The van der Waals surface area contributed by atoms with Crippen LogP contribution in [-0.4, -0.2) is 49.8 Å². The number of nitrogens with zero attached hydrogens (tertiary/aromatic N) is 3. The van der Waals surface area contributed by atoms with E-state index in [1.54, 1.807) is 21.2 Å². The molecule has 1 aromatic heterocycles. The molecule has 0 atom stereocenters. The molecule has 0 bridgehead atoms. The lowest BCUT2D eigenvalue weighted by Crippen LogP contribution is -2.28. The monoisotopic (exact) mass is 247 g/mol. The van der Waals surface area contributed by atoms with E-state index in [1.807, 2.05) is 0 Å². The van der Waals surface area contributed by atoms with E-state index in [0.29, 0.717) is 19.6 Å². The van der Waals surface area contributed by atoms with Gasteiger partial charge in [-0.3, -0.25) is 4.68 Å². The fraction of sp³-hybridized carbons (Fsp3) is 0.667. The largest absolute Gasteiger partial charge is 0.385 e. The topological polar surface area (TPSA) is 64.4 Å². The summed E-state index contributed by atoms with van der Waals surface area (Å²) in [5, 5.41) is 3.85. The lowest BCUT2D eigenvalue weighted by atomic mass is 10.5. The van der Waals surface area contributed by atoms with Crippen molar-refractivity contribution in [3.05, 3.63) is 12.4 Å². The van der Waals surface area contributed by atoms with Gasteiger partial charge in [0.2, 0.25) is 10.0 Å². The first-order valence-electron chi connectivity index (χ1n) is 4.92. The highest BCUT2D eigenvalue weighted by Crippen LogP contribution is 2.12. The fourth-order valence-electron chi connectivity index (χ4n) is 1.26. The second kappa shape index (κ2) is 5.42. The molecule has 0 saturated carbocycles. The third kappa shape index (κ3) is 3.03. The molecule has 0 unspecified atom stereocenters. The number of methoxy groups -OCH3 is 1. The van der Waals surface area contributed by atoms with Crippen LogP contribution in [0, 0.1) is 0 Å². The van der Waals surface area contributed by atoms with Gasteiger partial charge >= 0.3 is 0 Å². The zero-order valence-electron chi connectivity index (χ0n) is 9.75. The molecule has 0 saturated heterocycles. The number of aryl methyl sites for hydroxylation is 1. The predicted octanol–water partition coefficient (Wildman–Crippen LogP) is 0.0771. The molecule has 6 nitrogen and oxygen atoms in total. The van der Waals surface area contributed by atoms with Crippen LogP contribution in [0.2, 0.25) is 0 Å². The predicted molar refractivity (Wildman–Crippen MR) is 59.5 cm³/mol. The van der Waals surface area contributed by atoms with Crippen LogP contribution in [0.1, 0.15) is 6.42 Å². The summed E-state index contributed by atoms with van der Waals surface area (Å²) in [7, 11) is 1.43. The molecule has 0 amide bonds. The highest BCUT2D eigenvalue weighted by Gasteiger charge is 2.21. The molecular formula is C9H17N3O3S. The first-order chi connectivity index (χ1) is 7.48. The second-order valence-corrected chi connectivity index (χ2v) is 5.57. The van der Waals surface area contributed by atoms with Crippen LogP contribution in [0.25, 0.3) is 0 Å². The van der Waals surface area contributed by atoms with Crippen molar-refractivity contribution in [2.24, 2.45) is 7.05 Å². The van der Waals surface area contributed by atoms with Crippen LogP contribution in [0.3, 0.4) is 0 Å². The van der Waals surface area contributed by atoms with Crippen molar-refractivity contribution in [2.45, 2.75) is 11.3 Å². The lowest BCUT2D eigenvalue weighted by molar-refractivity contribution is 0.189. The molecule has 1 aromatic rings. The molecule has 16 heavy (non-hydrogen) atoms. The standard InChI is InChI=1S/C9H17N3O3S/c1-11-8-9(7-10-11)16(13,14)12(2)5-4-6-15-3/h7-8H,4-6H2,1-3H3. The smallest absolute Gasteiger partial charge is 0.245 e. The Balaban J connectivity index is 2.70. The second-order valence-electron chi connectivity index (χ2n) is 3.52. The third-order valence-corrected chi connectivity index (χ3v) is 4.02. The summed E-state index contributed by atoms with van der Waals surface area (Å²) >= 11 is 0. The molecule has 0 spiro atoms. The van der Waals surface area contributed by atoms with E-state index in [4.69, 9.17) is 4.74 Å². The van der Waals surface area contributed by atoms with Crippen LogP contribution in [0.5, 0.6) is 0 Å². The van der Waals surface area contributed by atoms with Crippen LogP contribution >= 0.6 is 0 Å². The van der Waals surface area contributed by atoms with Gasteiger partial charge in [0.25, 0.3) is 0 Å². The van der Waals surface area contributed by atoms with Gasteiger partial charge in [-0.15, -0.1) is 0 Å². The number of rotatable bonds is 6. The SMILES string of the molecule is COCCCN(C)S(=O)(=O)c1cnn(C)c1. The normalized spacial score (nSPS) is 12.2. The van der Waals surface area contributed by atoms with E-state index in [2.05, 4.69) is 5.10 Å². The zero-order chi connectivity index (χ0) is 12.2. The van der Waals surface area contributed by atoms with Gasteiger partial charge in [-0.05, 0) is 6.42 Å². The Bertz CT molecular complexity index is 427. The molecule has 0 aliphatic heterocycles. The molecule has 92 valence electrons. The van der Waals surface area contributed by atoms with Crippen molar-refractivity contribution in [1.82, 2.24) is 14.1 Å². The number of hydrogen-bond donors (Lipinski definition) is 0. The van der Waals surface area contributed by atoms with E-state index in [9.17, 15) is 8.42 Å². The average Bonchev–Trinajstić information content (AvgIpc) is 2.65. The molecule has 0 fully saturated rings. The van der Waals surface area contributed by atoms with Gasteiger partial charge in [-0.25, -0.2) is 12.7 Å². The summed E-state index contributed by atoms with van der Waals surface area (Å²) in [5.74, 6) is 0. The molecular weight excluding hydrogens is 230 g/mol. The summed E-state index contributed by atoms with van der Waals surface area (Å²) in [6, 6.07) is 0. The fourth-order valence-corrected chi connectivity index (χ4v) is 2.46. The minimum atomic E-state index is -3.40. The van der Waals surface area contributed by atoms with Crippen molar-refractivity contribution in [1.29, 1.82) is 0 Å². The number of ether oxygens (including phenoxy) is 1. The minimum Gasteiger partial charge on any atom is -0.385 e. The summed E-state index contributed by atoms with van der Waals surface area (Å²) in [5.41, 5.74) is 0. The van der Waals surface area contributed by atoms with Crippen molar-refractivity contribution in [3.8, 4) is 0 Å². The minimum absolute atomic E-state index is 0.218. The summed E-state index contributed by atoms with van der Waals surface area (Å²) in [6.07, 6.45) is 3.51. The Kier molecular flexibility index (Phi) is 4.45. The first-order valence-corrected chi connectivity index (χ1v) is 6.36. The maximum absolute atomic E-state index is 12.0. The molecule has 7 heteroatoms. The molecule has 0 aliphatic carbocycles. The van der Waals surface area contributed by atoms with Gasteiger partial charge < -0.3 is 4.74 Å². The molecule has 1 heterocycles. The lowest BCUT2D eigenvalue weighted by Gasteiger charge is -2.15. The van der Waals surface area contributed by atoms with Crippen LogP contribution in [0.4, 0.5) is 0 Å². The molecule has 1 rings (SSSR count). The zero-order valence-corrected chi connectivity index (χ0v) is 10.6. The van der Waals surface area contributed by atoms with E-state index < -0.39 is 10.0 Å². The van der Waals surface area contributed by atoms with Gasteiger partial charge in [-0.2, -0.15) is 5.10 Å². The van der Waals surface area contributed by atoms with Gasteiger partial charge in [0.1, 0.15) is 4.90 Å². The maximum atomic E-state index is 12.0. The van der Waals surface area contributed by atoms with Crippen LogP contribution < -0.4 is 0 Å². The van der Waals surface area contributed by atoms with Crippen molar-refractivity contribution < 1.29 is 13.2 Å². The molecule has 0 aromatic carbocycles. The molecule has 0 N–H and O–H groups in total. The third-order valence-electron chi connectivity index (χ3n) is 2.21. The van der Waals surface area contributed by atoms with E-state index in [-0.39, 0.29) is 4.90 Å². The van der Waals surface area contributed by atoms with Crippen LogP contribution in [-0.2, 0) is 21.8 Å². The molecule has 0 aliphatic rings. The van der Waals surface area contributed by atoms with E-state index in [0.717, 1.165) is 0 Å². The van der Waals surface area contributed by atoms with E-state index in [1.165, 1.54) is 21.4 Å². The summed E-state index contributed by atoms with van der Waals surface area (Å²) < 4.78 is 31.6. The molecule has 0 radical (unpaired) electrons. The van der Waals surface area contributed by atoms with Crippen LogP contribution in [0.15, 0.2) is 17.3 Å². The highest BCUT2D eigenvalue weighted by atomic mass is 32.2. The Morgan fingerprint density at radius 1 is 1.56 bits per heavy atom. The Morgan fingerprint density at radius 2 is 2.25 bits per heavy atom.